The molecule has 0 saturated carbocycles. The Morgan fingerprint density at radius 3 is 2.42 bits per heavy atom. The summed E-state index contributed by atoms with van der Waals surface area (Å²) in [6.45, 7) is 0. The van der Waals surface area contributed by atoms with E-state index in [2.05, 4.69) is 21.2 Å². The molecular formula is C13H9BrF2N2O. The van der Waals surface area contributed by atoms with Crippen LogP contribution in [0, 0.1) is 11.6 Å². The van der Waals surface area contributed by atoms with Crippen LogP contribution in [0.3, 0.4) is 0 Å². The SMILES string of the molecule is Nc1ccc(F)cc1NC(=O)c1ccc(F)cc1Br. The number of amides is 1. The molecule has 0 heterocycles. The molecule has 0 radical (unpaired) electrons. The fourth-order valence-corrected chi connectivity index (χ4v) is 2.03. The number of rotatable bonds is 2. The highest BCUT2D eigenvalue weighted by atomic mass is 79.9. The predicted molar refractivity (Wildman–Crippen MR) is 72.9 cm³/mol. The van der Waals surface area contributed by atoms with Gasteiger partial charge in [-0.3, -0.25) is 4.79 Å². The lowest BCUT2D eigenvalue weighted by atomic mass is 10.2. The largest absolute Gasteiger partial charge is 0.397 e. The van der Waals surface area contributed by atoms with Crippen molar-refractivity contribution in [2.75, 3.05) is 11.1 Å². The number of benzene rings is 2. The minimum Gasteiger partial charge on any atom is -0.397 e. The van der Waals surface area contributed by atoms with E-state index in [9.17, 15) is 13.6 Å². The molecule has 1 amide bonds. The van der Waals surface area contributed by atoms with Gasteiger partial charge in [-0.2, -0.15) is 0 Å². The van der Waals surface area contributed by atoms with Crippen LogP contribution in [-0.2, 0) is 0 Å². The van der Waals surface area contributed by atoms with E-state index in [-0.39, 0.29) is 16.9 Å². The molecule has 0 aromatic heterocycles. The van der Waals surface area contributed by atoms with Crippen molar-refractivity contribution in [1.29, 1.82) is 0 Å². The molecule has 0 unspecified atom stereocenters. The highest BCUT2D eigenvalue weighted by molar-refractivity contribution is 9.10. The lowest BCUT2D eigenvalue weighted by Crippen LogP contribution is -2.14. The summed E-state index contributed by atoms with van der Waals surface area (Å²) in [6.07, 6.45) is 0. The Bertz CT molecular complexity index is 647. The van der Waals surface area contributed by atoms with Crippen LogP contribution >= 0.6 is 15.9 Å². The van der Waals surface area contributed by atoms with E-state index < -0.39 is 17.5 Å². The molecule has 0 spiro atoms. The molecule has 98 valence electrons. The lowest BCUT2D eigenvalue weighted by molar-refractivity contribution is 0.102. The van der Waals surface area contributed by atoms with Crippen LogP contribution in [0.25, 0.3) is 0 Å². The minimum absolute atomic E-state index is 0.168. The first kappa shape index (κ1) is 13.5. The molecule has 0 atom stereocenters. The molecule has 0 aliphatic heterocycles. The summed E-state index contributed by atoms with van der Waals surface area (Å²) in [6, 6.07) is 7.32. The van der Waals surface area contributed by atoms with Crippen molar-refractivity contribution >= 4 is 33.2 Å². The Kier molecular flexibility index (Phi) is 3.80. The highest BCUT2D eigenvalue weighted by Crippen LogP contribution is 2.23. The Labute approximate surface area is 116 Å². The van der Waals surface area contributed by atoms with Crippen molar-refractivity contribution in [2.45, 2.75) is 0 Å². The van der Waals surface area contributed by atoms with Crippen LogP contribution in [-0.4, -0.2) is 5.91 Å². The average Bonchev–Trinajstić information content (AvgIpc) is 2.33. The maximum Gasteiger partial charge on any atom is 0.256 e. The number of nitrogens with two attached hydrogens (primary N) is 1. The van der Waals surface area contributed by atoms with Gasteiger partial charge in [0.05, 0.1) is 16.9 Å². The quantitative estimate of drug-likeness (QED) is 0.829. The molecule has 3 N–H and O–H groups in total. The molecule has 19 heavy (non-hydrogen) atoms. The maximum absolute atomic E-state index is 13.1. The summed E-state index contributed by atoms with van der Waals surface area (Å²) < 4.78 is 26.3. The van der Waals surface area contributed by atoms with E-state index >= 15 is 0 Å². The monoisotopic (exact) mass is 326 g/mol. The summed E-state index contributed by atoms with van der Waals surface area (Å²) in [5.41, 5.74) is 6.26. The summed E-state index contributed by atoms with van der Waals surface area (Å²) in [7, 11) is 0. The molecule has 3 nitrogen and oxygen atoms in total. The second-order valence-electron chi connectivity index (χ2n) is 3.81. The van der Waals surface area contributed by atoms with Crippen LogP contribution in [0.5, 0.6) is 0 Å². The van der Waals surface area contributed by atoms with E-state index in [1.165, 1.54) is 24.3 Å². The third-order valence-electron chi connectivity index (χ3n) is 2.44. The molecule has 2 aromatic rings. The summed E-state index contributed by atoms with van der Waals surface area (Å²) in [4.78, 5) is 12.0. The van der Waals surface area contributed by atoms with Crippen LogP contribution < -0.4 is 11.1 Å². The fourth-order valence-electron chi connectivity index (χ4n) is 1.50. The minimum atomic E-state index is -0.511. The molecule has 0 saturated heterocycles. The second kappa shape index (κ2) is 5.36. The smallest absolute Gasteiger partial charge is 0.256 e. The van der Waals surface area contributed by atoms with Gasteiger partial charge >= 0.3 is 0 Å². The van der Waals surface area contributed by atoms with Crippen LogP contribution in [0.2, 0.25) is 0 Å². The van der Waals surface area contributed by atoms with Crippen LogP contribution in [0.1, 0.15) is 10.4 Å². The first-order valence-corrected chi connectivity index (χ1v) is 6.08. The van der Waals surface area contributed by atoms with Gasteiger partial charge in [0.15, 0.2) is 0 Å². The molecule has 0 aliphatic carbocycles. The maximum atomic E-state index is 13.1. The van der Waals surface area contributed by atoms with E-state index in [0.29, 0.717) is 4.47 Å². The molecule has 2 aromatic carbocycles. The number of nitrogens with one attached hydrogen (secondary N) is 1. The lowest BCUT2D eigenvalue weighted by Gasteiger charge is -2.09. The van der Waals surface area contributed by atoms with Gasteiger partial charge in [-0.15, -0.1) is 0 Å². The first-order chi connectivity index (χ1) is 8.97. The standard InChI is InChI=1S/C13H9BrF2N2O/c14-10-5-7(15)1-3-9(10)13(19)18-12-6-8(16)2-4-11(12)17/h1-6H,17H2,(H,18,19). The van der Waals surface area contributed by atoms with E-state index in [4.69, 9.17) is 5.73 Å². The third kappa shape index (κ3) is 3.08. The van der Waals surface area contributed by atoms with Crippen molar-refractivity contribution in [3.05, 3.63) is 58.1 Å². The van der Waals surface area contributed by atoms with Gasteiger partial charge < -0.3 is 11.1 Å². The van der Waals surface area contributed by atoms with E-state index in [1.807, 2.05) is 0 Å². The van der Waals surface area contributed by atoms with Crippen molar-refractivity contribution in [2.24, 2.45) is 0 Å². The Balaban J connectivity index is 2.28. The average molecular weight is 327 g/mol. The van der Waals surface area contributed by atoms with Crippen LogP contribution in [0.15, 0.2) is 40.9 Å². The third-order valence-corrected chi connectivity index (χ3v) is 3.10. The van der Waals surface area contributed by atoms with Gasteiger partial charge in [0.1, 0.15) is 11.6 Å². The van der Waals surface area contributed by atoms with Gasteiger partial charge in [0.2, 0.25) is 0 Å². The van der Waals surface area contributed by atoms with Crippen molar-refractivity contribution in [1.82, 2.24) is 0 Å². The Morgan fingerprint density at radius 1 is 1.11 bits per heavy atom. The number of carbonyl (C=O) groups excluding carboxylic acids is 1. The second-order valence-corrected chi connectivity index (χ2v) is 4.66. The normalized spacial score (nSPS) is 10.3. The van der Waals surface area contributed by atoms with Crippen molar-refractivity contribution < 1.29 is 13.6 Å². The van der Waals surface area contributed by atoms with Gasteiger partial charge in [0, 0.05) is 4.47 Å². The van der Waals surface area contributed by atoms with Gasteiger partial charge in [-0.25, -0.2) is 8.78 Å². The number of carbonyl (C=O) groups is 1. The topological polar surface area (TPSA) is 55.1 Å². The van der Waals surface area contributed by atoms with E-state index in [1.54, 1.807) is 0 Å². The number of anilines is 2. The van der Waals surface area contributed by atoms with Gasteiger partial charge in [-0.1, -0.05) is 0 Å². The zero-order chi connectivity index (χ0) is 14.0. The molecule has 0 bridgehead atoms. The van der Waals surface area contributed by atoms with Crippen LogP contribution in [0.4, 0.5) is 20.2 Å². The van der Waals surface area contributed by atoms with Gasteiger partial charge in [-0.05, 0) is 52.3 Å². The summed E-state index contributed by atoms with van der Waals surface area (Å²) in [5, 5.41) is 2.47. The summed E-state index contributed by atoms with van der Waals surface area (Å²) in [5.74, 6) is -1.49. The fraction of sp³-hybridized carbons (Fsp3) is 0. The molecule has 0 fully saturated rings. The molecule has 0 aliphatic rings. The van der Waals surface area contributed by atoms with Crippen molar-refractivity contribution in [3.63, 3.8) is 0 Å². The molecule has 2 rings (SSSR count). The number of hydrogen-bond acceptors (Lipinski definition) is 2. The Morgan fingerprint density at radius 2 is 1.74 bits per heavy atom. The van der Waals surface area contributed by atoms with Gasteiger partial charge in [0.25, 0.3) is 5.91 Å². The predicted octanol–water partition coefficient (Wildman–Crippen LogP) is 3.56. The first-order valence-electron chi connectivity index (χ1n) is 5.29. The number of halogens is 3. The zero-order valence-electron chi connectivity index (χ0n) is 9.58. The zero-order valence-corrected chi connectivity index (χ0v) is 11.2. The number of hydrogen-bond donors (Lipinski definition) is 2. The van der Waals surface area contributed by atoms with E-state index in [0.717, 1.165) is 12.1 Å². The van der Waals surface area contributed by atoms with Crippen molar-refractivity contribution in [3.8, 4) is 0 Å². The summed E-state index contributed by atoms with van der Waals surface area (Å²) >= 11 is 3.09. The number of nitrogen functional groups attached to an aromatic ring is 1. The molecule has 6 heteroatoms. The molecular weight excluding hydrogens is 318 g/mol. The highest BCUT2D eigenvalue weighted by Gasteiger charge is 2.12. The Hall–Kier alpha value is -1.95.